The first-order valence-electron chi connectivity index (χ1n) is 6.07. The Morgan fingerprint density at radius 1 is 1.65 bits per heavy atom. The van der Waals surface area contributed by atoms with Crippen LogP contribution in [-0.4, -0.2) is 49.0 Å². The largest absolute Gasteiger partial charge is 0.480 e. The minimum absolute atomic E-state index is 0.0752. The molecule has 1 heterocycles. The lowest BCUT2D eigenvalue weighted by Crippen LogP contribution is -2.61. The predicted molar refractivity (Wildman–Crippen MR) is 68.4 cm³/mol. The van der Waals surface area contributed by atoms with E-state index in [0.717, 1.165) is 5.69 Å². The summed E-state index contributed by atoms with van der Waals surface area (Å²) in [5.41, 5.74) is 4.19. The van der Waals surface area contributed by atoms with Gasteiger partial charge < -0.3 is 26.0 Å². The van der Waals surface area contributed by atoms with Crippen LogP contribution in [0.15, 0.2) is 6.20 Å². The molecule has 3 atom stereocenters. The summed E-state index contributed by atoms with van der Waals surface area (Å²) in [5, 5.41) is 37.3. The maximum Gasteiger partial charge on any atom is 0.327 e. The predicted octanol–water partition coefficient (Wildman–Crippen LogP) is -0.932. The van der Waals surface area contributed by atoms with Crippen molar-refractivity contribution in [3.63, 3.8) is 0 Å². The number of aromatic nitrogens is 2. The van der Waals surface area contributed by atoms with E-state index in [-0.39, 0.29) is 6.42 Å². The van der Waals surface area contributed by atoms with Crippen LogP contribution >= 0.6 is 0 Å². The van der Waals surface area contributed by atoms with Gasteiger partial charge in [0.25, 0.3) is 0 Å². The Balaban J connectivity index is 2.67. The maximum atomic E-state index is 11.1. The number of aryl methyl sites for hydroxylation is 2. The number of imidazole rings is 1. The lowest BCUT2D eigenvalue weighted by molar-refractivity contribution is -0.152. The average molecular weight is 282 g/mol. The molecular weight excluding hydrogens is 264 g/mol. The molecule has 0 bridgehead atoms. The Morgan fingerprint density at radius 3 is 2.75 bits per heavy atom. The smallest absolute Gasteiger partial charge is 0.327 e. The standard InChI is InChI=1S/C12H18N4O4/c1-7-6-15-9(16-7)3-2-8(17)10(18)12(14,4-5-13)11(19)20/h6,8,10,17-18H,2-4,14H2,1H3,(H,15,16)(H,19,20). The molecule has 1 rings (SSSR count). The Kier molecular flexibility index (Phi) is 5.21. The molecule has 0 aromatic carbocycles. The van der Waals surface area contributed by atoms with Gasteiger partial charge in [-0.25, -0.2) is 4.98 Å². The van der Waals surface area contributed by atoms with E-state index < -0.39 is 30.1 Å². The number of nitriles is 1. The average Bonchev–Trinajstić information content (AvgIpc) is 2.80. The zero-order chi connectivity index (χ0) is 15.3. The maximum absolute atomic E-state index is 11.1. The van der Waals surface area contributed by atoms with Gasteiger partial charge in [-0.3, -0.25) is 4.79 Å². The highest BCUT2D eigenvalue weighted by atomic mass is 16.4. The van der Waals surface area contributed by atoms with E-state index in [2.05, 4.69) is 9.97 Å². The van der Waals surface area contributed by atoms with Crippen LogP contribution in [0.5, 0.6) is 0 Å². The summed E-state index contributed by atoms with van der Waals surface area (Å²) < 4.78 is 0. The minimum atomic E-state index is -2.19. The number of aliphatic carboxylic acids is 1. The van der Waals surface area contributed by atoms with Crippen LogP contribution in [0.2, 0.25) is 0 Å². The van der Waals surface area contributed by atoms with Crippen LogP contribution in [0.3, 0.4) is 0 Å². The van der Waals surface area contributed by atoms with Gasteiger partial charge in [0.05, 0.1) is 18.6 Å². The summed E-state index contributed by atoms with van der Waals surface area (Å²) in [5.74, 6) is -0.911. The summed E-state index contributed by atoms with van der Waals surface area (Å²) in [6.07, 6.45) is -1.68. The number of aliphatic hydroxyl groups excluding tert-OH is 2. The molecule has 0 spiro atoms. The lowest BCUT2D eigenvalue weighted by atomic mass is 9.85. The van der Waals surface area contributed by atoms with Crippen LogP contribution in [0.4, 0.5) is 0 Å². The van der Waals surface area contributed by atoms with E-state index in [0.29, 0.717) is 12.2 Å². The van der Waals surface area contributed by atoms with Crippen LogP contribution in [0.25, 0.3) is 0 Å². The summed E-state index contributed by atoms with van der Waals surface area (Å²) >= 11 is 0. The SMILES string of the molecule is Cc1cnc(CCC(O)C(O)C(N)(CC#N)C(=O)O)[nH]1. The summed E-state index contributed by atoms with van der Waals surface area (Å²) in [6.45, 7) is 1.82. The molecule has 1 aromatic heterocycles. The van der Waals surface area contributed by atoms with Gasteiger partial charge in [-0.15, -0.1) is 0 Å². The normalized spacial score (nSPS) is 16.9. The molecule has 0 saturated heterocycles. The molecule has 1 aromatic rings. The summed E-state index contributed by atoms with van der Waals surface area (Å²) in [4.78, 5) is 18.1. The van der Waals surface area contributed by atoms with Crippen molar-refractivity contribution in [3.05, 3.63) is 17.7 Å². The lowest BCUT2D eigenvalue weighted by Gasteiger charge is -2.31. The fourth-order valence-corrected chi connectivity index (χ4v) is 1.82. The van der Waals surface area contributed by atoms with Gasteiger partial charge in [0.15, 0.2) is 5.54 Å². The molecule has 8 heteroatoms. The van der Waals surface area contributed by atoms with Gasteiger partial charge in [-0.05, 0) is 13.3 Å². The molecule has 3 unspecified atom stereocenters. The van der Waals surface area contributed by atoms with Crippen molar-refractivity contribution in [2.24, 2.45) is 5.73 Å². The number of carboxylic acids is 1. The second-order valence-corrected chi connectivity index (χ2v) is 4.74. The number of carbonyl (C=O) groups is 1. The molecule has 6 N–H and O–H groups in total. The van der Waals surface area contributed by atoms with Crippen molar-refractivity contribution in [2.45, 2.75) is 43.9 Å². The van der Waals surface area contributed by atoms with Crippen molar-refractivity contribution < 1.29 is 20.1 Å². The molecule has 0 radical (unpaired) electrons. The number of hydrogen-bond acceptors (Lipinski definition) is 6. The van der Waals surface area contributed by atoms with Crippen molar-refractivity contribution >= 4 is 5.97 Å². The number of aromatic amines is 1. The Labute approximate surface area is 115 Å². The van der Waals surface area contributed by atoms with Crippen molar-refractivity contribution in [1.29, 1.82) is 5.26 Å². The number of H-pyrrole nitrogens is 1. The Bertz CT molecular complexity index is 510. The number of nitrogens with zero attached hydrogens (tertiary/aromatic N) is 2. The third kappa shape index (κ3) is 3.54. The molecule has 0 aliphatic carbocycles. The van der Waals surface area contributed by atoms with Crippen molar-refractivity contribution in [2.75, 3.05) is 0 Å². The molecule has 8 nitrogen and oxygen atoms in total. The molecule has 110 valence electrons. The zero-order valence-electron chi connectivity index (χ0n) is 11.1. The van der Waals surface area contributed by atoms with E-state index in [1.54, 1.807) is 12.3 Å². The highest BCUT2D eigenvalue weighted by Crippen LogP contribution is 2.18. The van der Waals surface area contributed by atoms with E-state index in [4.69, 9.17) is 16.1 Å². The summed E-state index contributed by atoms with van der Waals surface area (Å²) in [7, 11) is 0. The number of carboxylic acid groups (broad SMARTS) is 1. The van der Waals surface area contributed by atoms with Crippen LogP contribution < -0.4 is 5.73 Å². The first-order valence-corrected chi connectivity index (χ1v) is 6.07. The molecule has 0 fully saturated rings. The van der Waals surface area contributed by atoms with Gasteiger partial charge in [-0.1, -0.05) is 0 Å². The topological polar surface area (TPSA) is 156 Å². The van der Waals surface area contributed by atoms with Gasteiger partial charge >= 0.3 is 5.97 Å². The van der Waals surface area contributed by atoms with Gasteiger partial charge in [-0.2, -0.15) is 5.26 Å². The van der Waals surface area contributed by atoms with Crippen molar-refractivity contribution in [3.8, 4) is 6.07 Å². The van der Waals surface area contributed by atoms with Crippen LogP contribution in [0.1, 0.15) is 24.4 Å². The molecular formula is C12H18N4O4. The molecule has 20 heavy (non-hydrogen) atoms. The highest BCUT2D eigenvalue weighted by molar-refractivity contribution is 5.80. The molecule has 0 aliphatic heterocycles. The molecule has 0 saturated carbocycles. The number of hydrogen-bond donors (Lipinski definition) is 5. The van der Waals surface area contributed by atoms with Gasteiger partial charge in [0.2, 0.25) is 0 Å². The second-order valence-electron chi connectivity index (χ2n) is 4.74. The monoisotopic (exact) mass is 282 g/mol. The number of nitrogens with one attached hydrogen (secondary N) is 1. The number of nitrogens with two attached hydrogens (primary N) is 1. The van der Waals surface area contributed by atoms with Gasteiger partial charge in [0, 0.05) is 18.3 Å². The fraction of sp³-hybridized carbons (Fsp3) is 0.583. The van der Waals surface area contributed by atoms with Crippen molar-refractivity contribution in [1.82, 2.24) is 9.97 Å². The number of rotatable bonds is 7. The molecule has 0 aliphatic rings. The van der Waals surface area contributed by atoms with E-state index in [9.17, 15) is 15.0 Å². The summed E-state index contributed by atoms with van der Waals surface area (Å²) in [6, 6.07) is 1.61. The second kappa shape index (κ2) is 6.47. The third-order valence-electron chi connectivity index (χ3n) is 3.09. The zero-order valence-corrected chi connectivity index (χ0v) is 11.1. The minimum Gasteiger partial charge on any atom is -0.480 e. The van der Waals surface area contributed by atoms with Crippen LogP contribution in [0, 0.1) is 18.3 Å². The van der Waals surface area contributed by atoms with Crippen LogP contribution in [-0.2, 0) is 11.2 Å². The van der Waals surface area contributed by atoms with E-state index >= 15 is 0 Å². The first-order chi connectivity index (χ1) is 9.31. The Morgan fingerprint density at radius 2 is 2.30 bits per heavy atom. The Hall–Kier alpha value is -1.95. The first kappa shape index (κ1) is 16.1. The number of aliphatic hydroxyl groups is 2. The van der Waals surface area contributed by atoms with E-state index in [1.807, 2.05) is 6.92 Å². The quantitative estimate of drug-likeness (QED) is 0.432. The highest BCUT2D eigenvalue weighted by Gasteiger charge is 2.45. The fourth-order valence-electron chi connectivity index (χ4n) is 1.82. The molecule has 0 amide bonds. The van der Waals surface area contributed by atoms with Gasteiger partial charge in [0.1, 0.15) is 11.9 Å². The van der Waals surface area contributed by atoms with E-state index in [1.165, 1.54) is 0 Å². The third-order valence-corrected chi connectivity index (χ3v) is 3.09.